The van der Waals surface area contributed by atoms with Gasteiger partial charge in [0, 0.05) is 120 Å². The van der Waals surface area contributed by atoms with E-state index in [-0.39, 0.29) is 89.9 Å². The fourth-order valence-corrected chi connectivity index (χ4v) is 12.7. The van der Waals surface area contributed by atoms with Crippen LogP contribution < -0.4 is 26.6 Å². The number of amides is 5. The molecule has 0 aliphatic rings. The van der Waals surface area contributed by atoms with Crippen LogP contribution in [0.5, 0.6) is 57.5 Å². The predicted molar refractivity (Wildman–Crippen MR) is 449 cm³/mol. The topological polar surface area (TPSA) is 651 Å². The molecule has 127 heavy (non-hydrogen) atoms. The van der Waals surface area contributed by atoms with Crippen LogP contribution in [0.1, 0.15) is 72.6 Å². The molecule has 0 spiro atoms. The van der Waals surface area contributed by atoms with E-state index in [1.807, 2.05) is 13.0 Å². The number of pyridine rings is 1. The number of aromatic hydroxyl groups is 10. The summed E-state index contributed by atoms with van der Waals surface area (Å²) in [5.74, 6) is -12.5. The number of nitrogens with one attached hydrogen (secondary N) is 5. The Balaban J connectivity index is 0.000000219. The van der Waals surface area contributed by atoms with Crippen LogP contribution in [0.25, 0.3) is 10.4 Å². The number of benzene rings is 9. The third-order valence-corrected chi connectivity index (χ3v) is 18.9. The first-order valence-corrected chi connectivity index (χ1v) is 37.5. The lowest BCUT2D eigenvalue weighted by Gasteiger charge is -2.10. The van der Waals surface area contributed by atoms with Crippen LogP contribution in [0.4, 0.5) is 70.0 Å². The van der Waals surface area contributed by atoms with Gasteiger partial charge < -0.3 is 87.9 Å². The van der Waals surface area contributed by atoms with E-state index >= 15 is 0 Å². The van der Waals surface area contributed by atoms with Gasteiger partial charge in [-0.1, -0.05) is 47.5 Å². The molecule has 0 radical (unpaired) electrons. The number of phenolic OH excluding ortho intramolecular Hbond substituents is 10. The van der Waals surface area contributed by atoms with E-state index in [2.05, 4.69) is 31.6 Å². The Morgan fingerprint density at radius 3 is 1.19 bits per heavy atom. The third-order valence-electron chi connectivity index (χ3n) is 17.4. The van der Waals surface area contributed by atoms with E-state index in [0.717, 1.165) is 65.0 Å². The van der Waals surface area contributed by atoms with Crippen molar-refractivity contribution in [2.24, 2.45) is 0 Å². The number of aromatic nitrogens is 1. The van der Waals surface area contributed by atoms with Crippen molar-refractivity contribution in [2.45, 2.75) is 71.4 Å². The van der Waals surface area contributed by atoms with Crippen molar-refractivity contribution < 1.29 is 133 Å². The Morgan fingerprint density at radius 1 is 0.409 bits per heavy atom. The van der Waals surface area contributed by atoms with Gasteiger partial charge in [-0.3, -0.25) is 84.3 Å². The standard InChI is InChI=1S/C20H17N3O7S.C17H16N2O7.C15H11F3N2O5.C15H14N2O5.C14H10Cl2N2O5/c24-17(6-2-11-1-4-15(23(29)30)20(28)19(11)27)22-14-7-8-21-10-13(14)16-5-3-12(31-16)9-18(25)26;1-9-2-3-11(17(23)24)8-12(9)18-14(20)7-5-10-4-6-13(19(25)26)16(22)15(10)21;16-15(17,18)9-2-1-3-10(7-9)19-12(21)6-8-4-5-11(20(24)25)14(23)13(8)22;1-9-3-2-4-11(7-9)16-13(18)8-10-5-6-12(17(21)22)15(20)14(10)19;15-8-4-9(16)6-10(5-8)17-12(19)3-7-1-2-11(18(22)23)14(21)13(7)20/h1,3-5,7-8,10,27-28H,2,6,9H2,(H,25,26)(H,21,22,24);2-4,6,8,21-22H,5,7H2,1H3,(H,18,20)(H,23,24);1-5,7,22-23H,6H2,(H,19,21);2-7,19-20H,8H2,1H3,(H,16,18);1-2,4-6,20-21H,3H2,(H,17,19). The lowest BCUT2D eigenvalue weighted by Crippen LogP contribution is -2.15. The number of hydrogen-bond donors (Lipinski definition) is 17. The summed E-state index contributed by atoms with van der Waals surface area (Å²) in [5.41, 5.74) is 0.245. The average molecular weight is 1820 g/mol. The molecule has 0 saturated carbocycles. The van der Waals surface area contributed by atoms with E-state index in [1.165, 1.54) is 78.2 Å². The Bertz CT molecular complexity index is 6100. The number of aryl methyl sites for hydroxylation is 4. The zero-order chi connectivity index (χ0) is 94.2. The molecule has 0 bridgehead atoms. The minimum atomic E-state index is -4.57. The summed E-state index contributed by atoms with van der Waals surface area (Å²) < 4.78 is 37.9. The van der Waals surface area contributed by atoms with Crippen molar-refractivity contribution >= 4 is 133 Å². The molecule has 0 aliphatic heterocycles. The van der Waals surface area contributed by atoms with Crippen LogP contribution in [0.15, 0.2) is 176 Å². The largest absolute Gasteiger partial charge is 0.504 e. The number of alkyl halides is 3. The van der Waals surface area contributed by atoms with Crippen molar-refractivity contribution in [1.82, 2.24) is 4.98 Å². The summed E-state index contributed by atoms with van der Waals surface area (Å²) in [5, 5.41) is 182. The number of carboxylic acids is 2. The number of halogens is 5. The molecule has 9 aromatic carbocycles. The zero-order valence-electron chi connectivity index (χ0n) is 65.2. The SMILES string of the molecule is Cc1ccc(C(=O)O)cc1NC(=O)CCc1ccc([N+](=O)[O-])c(O)c1O.Cc1cccc(NC(=O)Cc2ccc([N+](=O)[O-])c(O)c2O)c1.O=C(Cc1ccc([N+](=O)[O-])c(O)c1O)Nc1cc(Cl)cc(Cl)c1.O=C(Cc1ccc([N+](=O)[O-])c(O)c1O)Nc1cccc(C(F)(F)F)c1.O=C(O)Cc1ccc(-c2cnccc2NC(=O)CCc2ccc([N+](=O)[O-])c(O)c2O)s1. The van der Waals surface area contributed by atoms with Crippen LogP contribution in [-0.2, 0) is 73.5 Å². The van der Waals surface area contributed by atoms with Gasteiger partial charge in [-0.05, 0) is 158 Å². The second-order valence-electron chi connectivity index (χ2n) is 26.5. The highest BCUT2D eigenvalue weighted by molar-refractivity contribution is 7.15. The van der Waals surface area contributed by atoms with Gasteiger partial charge in [0.25, 0.3) is 0 Å². The number of aliphatic carboxylic acids is 1. The number of nitrogens with zero attached hydrogens (tertiary/aromatic N) is 6. The molecule has 40 nitrogen and oxygen atoms in total. The second-order valence-corrected chi connectivity index (χ2v) is 28.5. The molecule has 2 heterocycles. The minimum absolute atomic E-state index is 0.0287. The molecular formula is C81H68Cl2F3N11O29S. The number of carboxylic acid groups (broad SMARTS) is 2. The van der Waals surface area contributed by atoms with Crippen molar-refractivity contribution in [3.8, 4) is 67.9 Å². The first kappa shape index (κ1) is 97.6. The first-order valence-electron chi connectivity index (χ1n) is 35.9. The van der Waals surface area contributed by atoms with Gasteiger partial charge in [-0.15, -0.1) is 11.3 Å². The molecule has 2 aromatic heterocycles. The Labute approximate surface area is 724 Å². The third kappa shape index (κ3) is 27.8. The van der Waals surface area contributed by atoms with Gasteiger partial charge in [-0.2, -0.15) is 13.2 Å². The van der Waals surface area contributed by atoms with Gasteiger partial charge in [0.15, 0.2) is 28.7 Å². The number of hydrogen-bond acceptors (Lipinski definition) is 29. The molecule has 11 aromatic rings. The molecule has 0 saturated heterocycles. The molecule has 0 fully saturated rings. The normalized spacial score (nSPS) is 10.5. The van der Waals surface area contributed by atoms with Crippen molar-refractivity contribution in [1.29, 1.82) is 0 Å². The number of rotatable bonds is 26. The highest BCUT2D eigenvalue weighted by atomic mass is 35.5. The number of thiophene rings is 1. The van der Waals surface area contributed by atoms with Crippen LogP contribution in [-0.4, -0.2) is 132 Å². The van der Waals surface area contributed by atoms with E-state index in [9.17, 15) is 148 Å². The molecular weight excluding hydrogens is 1750 g/mol. The summed E-state index contributed by atoms with van der Waals surface area (Å²) in [4.78, 5) is 137. The monoisotopic (exact) mass is 1820 g/mol. The minimum Gasteiger partial charge on any atom is -0.504 e. The predicted octanol–water partition coefficient (Wildman–Crippen LogP) is 15.1. The van der Waals surface area contributed by atoms with Crippen molar-refractivity contribution in [3.63, 3.8) is 0 Å². The summed E-state index contributed by atoms with van der Waals surface area (Å²) in [6.07, 6.45) is -2.69. The highest BCUT2D eigenvalue weighted by Gasteiger charge is 2.32. The zero-order valence-corrected chi connectivity index (χ0v) is 67.5. The molecule has 17 N–H and O–H groups in total. The number of carbonyl (C=O) groups excluding carboxylic acids is 5. The smallest absolute Gasteiger partial charge is 0.416 e. The van der Waals surface area contributed by atoms with Crippen LogP contribution in [0.3, 0.4) is 0 Å². The fraction of sp³-hybridized carbons (Fsp3) is 0.136. The van der Waals surface area contributed by atoms with E-state index in [4.69, 9.17) is 33.4 Å². The molecule has 11 rings (SSSR count). The molecule has 46 heteroatoms. The maximum atomic E-state index is 12.6. The maximum Gasteiger partial charge on any atom is 0.416 e. The molecule has 5 amide bonds. The summed E-state index contributed by atoms with van der Waals surface area (Å²) >= 11 is 12.9. The Morgan fingerprint density at radius 2 is 0.795 bits per heavy atom. The van der Waals surface area contributed by atoms with Gasteiger partial charge in [0.1, 0.15) is 0 Å². The molecule has 662 valence electrons. The number of nitro benzene ring substituents is 5. The van der Waals surface area contributed by atoms with Crippen molar-refractivity contribution in [2.75, 3.05) is 26.6 Å². The van der Waals surface area contributed by atoms with E-state index in [1.54, 1.807) is 55.6 Å². The van der Waals surface area contributed by atoms with E-state index in [0.29, 0.717) is 48.8 Å². The Kier molecular flexibility index (Phi) is 33.7. The van der Waals surface area contributed by atoms with Gasteiger partial charge in [0.05, 0.1) is 67.1 Å². The number of carbonyl (C=O) groups is 7. The quantitative estimate of drug-likeness (QED) is 0.0136. The maximum absolute atomic E-state index is 12.6. The summed E-state index contributed by atoms with van der Waals surface area (Å²) in [6.45, 7) is 3.59. The summed E-state index contributed by atoms with van der Waals surface area (Å²) in [6, 6.07) is 36.1. The lowest BCUT2D eigenvalue weighted by molar-refractivity contribution is -0.386. The molecule has 0 aliphatic carbocycles. The number of nitro groups is 5. The van der Waals surface area contributed by atoms with Crippen LogP contribution in [0, 0.1) is 64.4 Å². The van der Waals surface area contributed by atoms with Crippen LogP contribution >= 0.6 is 34.5 Å². The average Bonchev–Trinajstić information content (AvgIpc) is 1.68. The summed E-state index contributed by atoms with van der Waals surface area (Å²) in [7, 11) is 0. The number of aromatic carboxylic acids is 1. The van der Waals surface area contributed by atoms with Gasteiger partial charge in [-0.25, -0.2) is 4.79 Å². The number of anilines is 5. The van der Waals surface area contributed by atoms with Gasteiger partial charge >= 0.3 is 46.6 Å². The van der Waals surface area contributed by atoms with Crippen LogP contribution in [0.2, 0.25) is 10.0 Å². The lowest BCUT2D eigenvalue weighted by atomic mass is 10.1. The van der Waals surface area contributed by atoms with Gasteiger partial charge in [0.2, 0.25) is 58.3 Å². The van der Waals surface area contributed by atoms with Crippen molar-refractivity contribution in [3.05, 3.63) is 292 Å². The Hall–Kier alpha value is -16.5. The second kappa shape index (κ2) is 43.8. The first-order chi connectivity index (χ1) is 59.7. The van der Waals surface area contributed by atoms with E-state index < -0.39 is 164 Å². The molecule has 0 unspecified atom stereocenters. The molecule has 0 atom stereocenters. The number of phenols is 10. The fourth-order valence-electron chi connectivity index (χ4n) is 11.2. The highest BCUT2D eigenvalue weighted by Crippen LogP contribution is 2.44.